The molecule has 0 radical (unpaired) electrons. The Kier molecular flexibility index (Phi) is 3.57. The zero-order chi connectivity index (χ0) is 13.0. The van der Waals surface area contributed by atoms with E-state index in [0.29, 0.717) is 17.9 Å². The number of hydrogen-bond acceptors (Lipinski definition) is 4. The van der Waals surface area contributed by atoms with Crippen LogP contribution in [0.3, 0.4) is 0 Å². The van der Waals surface area contributed by atoms with E-state index in [-0.39, 0.29) is 5.91 Å². The fraction of sp³-hybridized carbons (Fsp3) is 0.250. The number of pyridine rings is 1. The average molecular weight is 245 g/mol. The molecule has 0 saturated carbocycles. The van der Waals surface area contributed by atoms with Gasteiger partial charge in [0.1, 0.15) is 5.82 Å². The monoisotopic (exact) mass is 245 g/mol. The average Bonchev–Trinajstić information content (AvgIpc) is 2.88. The largest absolute Gasteiger partial charge is 0.384 e. The quantitative estimate of drug-likeness (QED) is 0.744. The number of nitrogen functional groups attached to an aromatic ring is 1. The smallest absolute Gasteiger partial charge is 0.251 e. The number of carbonyl (C=O) groups excluding carboxylic acids is 1. The lowest BCUT2D eigenvalue weighted by Crippen LogP contribution is -2.23. The van der Waals surface area contributed by atoms with E-state index in [1.54, 1.807) is 24.5 Å². The van der Waals surface area contributed by atoms with Crippen LogP contribution in [0.1, 0.15) is 28.5 Å². The van der Waals surface area contributed by atoms with Gasteiger partial charge in [0.25, 0.3) is 5.91 Å². The van der Waals surface area contributed by atoms with Gasteiger partial charge in [-0.2, -0.15) is 5.10 Å². The lowest BCUT2D eigenvalue weighted by atomic mass is 10.2. The molecular weight excluding hydrogens is 230 g/mol. The number of H-pyrrole nitrogens is 1. The predicted octanol–water partition coefficient (Wildman–Crippen LogP) is 0.879. The number of aryl methyl sites for hydroxylation is 1. The summed E-state index contributed by atoms with van der Waals surface area (Å²) < 4.78 is 0. The van der Waals surface area contributed by atoms with Crippen molar-refractivity contribution in [1.82, 2.24) is 20.5 Å². The van der Waals surface area contributed by atoms with Crippen LogP contribution >= 0.6 is 0 Å². The molecule has 0 aromatic carbocycles. The van der Waals surface area contributed by atoms with Crippen LogP contribution in [0, 0.1) is 0 Å². The number of anilines is 1. The molecule has 0 unspecified atom stereocenters. The molecule has 0 bridgehead atoms. The van der Waals surface area contributed by atoms with Gasteiger partial charge >= 0.3 is 0 Å². The fourth-order valence-corrected chi connectivity index (χ4v) is 1.58. The molecule has 0 saturated heterocycles. The molecule has 4 N–H and O–H groups in total. The summed E-state index contributed by atoms with van der Waals surface area (Å²) >= 11 is 0. The summed E-state index contributed by atoms with van der Waals surface area (Å²) in [5.41, 5.74) is 7.91. The highest BCUT2D eigenvalue weighted by Gasteiger charge is 2.08. The van der Waals surface area contributed by atoms with E-state index in [1.165, 1.54) is 0 Å². The number of hydrogen-bond donors (Lipinski definition) is 3. The van der Waals surface area contributed by atoms with Crippen molar-refractivity contribution in [1.29, 1.82) is 0 Å². The second-order valence-electron chi connectivity index (χ2n) is 3.91. The first kappa shape index (κ1) is 12.1. The molecule has 2 heterocycles. The minimum atomic E-state index is -0.167. The molecule has 6 heteroatoms. The lowest BCUT2D eigenvalue weighted by molar-refractivity contribution is 0.0950. The Morgan fingerprint density at radius 3 is 3.00 bits per heavy atom. The standard InChI is InChI=1S/C12H15N5O/c1-2-10-3-9(4-11(13)17-10)12(18)14-5-8-6-15-16-7-8/h3-4,6-7H,2,5H2,1H3,(H2,13,17)(H,14,18)(H,15,16). The maximum Gasteiger partial charge on any atom is 0.251 e. The van der Waals surface area contributed by atoms with E-state index in [9.17, 15) is 4.79 Å². The van der Waals surface area contributed by atoms with Crippen LogP contribution in [0.25, 0.3) is 0 Å². The van der Waals surface area contributed by atoms with E-state index < -0.39 is 0 Å². The summed E-state index contributed by atoms with van der Waals surface area (Å²) in [6.45, 7) is 2.40. The molecule has 0 aliphatic rings. The van der Waals surface area contributed by atoms with Gasteiger partial charge < -0.3 is 11.1 Å². The minimum Gasteiger partial charge on any atom is -0.384 e. The number of rotatable bonds is 4. The normalized spacial score (nSPS) is 10.3. The first-order valence-electron chi connectivity index (χ1n) is 5.71. The van der Waals surface area contributed by atoms with Crippen LogP contribution in [-0.2, 0) is 13.0 Å². The maximum absolute atomic E-state index is 11.9. The van der Waals surface area contributed by atoms with Crippen molar-refractivity contribution in [2.75, 3.05) is 5.73 Å². The van der Waals surface area contributed by atoms with E-state index in [0.717, 1.165) is 17.7 Å². The molecule has 18 heavy (non-hydrogen) atoms. The second kappa shape index (κ2) is 5.31. The number of aromatic nitrogens is 3. The van der Waals surface area contributed by atoms with Gasteiger partial charge in [-0.1, -0.05) is 6.92 Å². The zero-order valence-corrected chi connectivity index (χ0v) is 10.1. The molecule has 94 valence electrons. The molecule has 0 aliphatic heterocycles. The van der Waals surface area contributed by atoms with E-state index in [1.807, 2.05) is 6.92 Å². The van der Waals surface area contributed by atoms with E-state index in [2.05, 4.69) is 20.5 Å². The molecule has 2 aromatic heterocycles. The molecule has 0 aliphatic carbocycles. The molecule has 6 nitrogen and oxygen atoms in total. The Morgan fingerprint density at radius 2 is 2.33 bits per heavy atom. The van der Waals surface area contributed by atoms with Gasteiger partial charge in [-0.05, 0) is 18.6 Å². The maximum atomic E-state index is 11.9. The Bertz CT molecular complexity index is 535. The third-order valence-electron chi connectivity index (χ3n) is 2.53. The van der Waals surface area contributed by atoms with E-state index >= 15 is 0 Å². The van der Waals surface area contributed by atoms with Crippen LogP contribution in [0.5, 0.6) is 0 Å². The molecule has 0 spiro atoms. The Hall–Kier alpha value is -2.37. The van der Waals surface area contributed by atoms with Crippen LogP contribution < -0.4 is 11.1 Å². The molecule has 2 aromatic rings. The minimum absolute atomic E-state index is 0.167. The van der Waals surface area contributed by atoms with Crippen molar-refractivity contribution in [3.63, 3.8) is 0 Å². The number of aromatic amines is 1. The van der Waals surface area contributed by atoms with Gasteiger partial charge in [0, 0.05) is 29.6 Å². The summed E-state index contributed by atoms with van der Waals surface area (Å²) in [6.07, 6.45) is 4.14. The van der Waals surface area contributed by atoms with Crippen molar-refractivity contribution in [2.24, 2.45) is 0 Å². The first-order chi connectivity index (χ1) is 8.69. The molecule has 0 fully saturated rings. The summed E-state index contributed by atoms with van der Waals surface area (Å²) in [7, 11) is 0. The van der Waals surface area contributed by atoms with Crippen LogP contribution in [0.4, 0.5) is 5.82 Å². The number of nitrogens with zero attached hydrogens (tertiary/aromatic N) is 2. The molecule has 1 amide bonds. The van der Waals surface area contributed by atoms with Gasteiger partial charge in [-0.15, -0.1) is 0 Å². The van der Waals surface area contributed by atoms with E-state index in [4.69, 9.17) is 5.73 Å². The summed E-state index contributed by atoms with van der Waals surface area (Å²) in [5.74, 6) is 0.197. The zero-order valence-electron chi connectivity index (χ0n) is 10.1. The highest BCUT2D eigenvalue weighted by Crippen LogP contribution is 2.08. The predicted molar refractivity (Wildman–Crippen MR) is 67.8 cm³/mol. The van der Waals surface area contributed by atoms with Crippen LogP contribution in [0.2, 0.25) is 0 Å². The number of nitrogens with one attached hydrogen (secondary N) is 2. The fourth-order valence-electron chi connectivity index (χ4n) is 1.58. The second-order valence-corrected chi connectivity index (χ2v) is 3.91. The van der Waals surface area contributed by atoms with Crippen molar-refractivity contribution < 1.29 is 4.79 Å². The number of nitrogens with two attached hydrogens (primary N) is 1. The third kappa shape index (κ3) is 2.85. The van der Waals surface area contributed by atoms with Crippen LogP contribution in [-0.4, -0.2) is 21.1 Å². The Morgan fingerprint density at radius 1 is 1.50 bits per heavy atom. The Labute approximate surface area is 105 Å². The summed E-state index contributed by atoms with van der Waals surface area (Å²) in [6, 6.07) is 3.32. The van der Waals surface area contributed by atoms with Crippen LogP contribution in [0.15, 0.2) is 24.5 Å². The van der Waals surface area contributed by atoms with Gasteiger partial charge in [0.2, 0.25) is 0 Å². The SMILES string of the molecule is CCc1cc(C(=O)NCc2cn[nH]c2)cc(N)n1. The van der Waals surface area contributed by atoms with Crippen molar-refractivity contribution in [2.45, 2.75) is 19.9 Å². The highest BCUT2D eigenvalue weighted by atomic mass is 16.1. The van der Waals surface area contributed by atoms with Crippen molar-refractivity contribution >= 4 is 11.7 Å². The first-order valence-corrected chi connectivity index (χ1v) is 5.71. The summed E-state index contributed by atoms with van der Waals surface area (Å²) in [5, 5.41) is 9.29. The molecule has 2 rings (SSSR count). The van der Waals surface area contributed by atoms with Gasteiger partial charge in [0.15, 0.2) is 0 Å². The molecular formula is C12H15N5O. The van der Waals surface area contributed by atoms with Gasteiger partial charge in [0.05, 0.1) is 6.20 Å². The number of amides is 1. The number of carbonyl (C=O) groups is 1. The molecule has 0 atom stereocenters. The van der Waals surface area contributed by atoms with Crippen molar-refractivity contribution in [3.8, 4) is 0 Å². The highest BCUT2D eigenvalue weighted by molar-refractivity contribution is 5.94. The Balaban J connectivity index is 2.06. The third-order valence-corrected chi connectivity index (χ3v) is 2.53. The topological polar surface area (TPSA) is 96.7 Å². The van der Waals surface area contributed by atoms with Crippen molar-refractivity contribution in [3.05, 3.63) is 41.3 Å². The summed E-state index contributed by atoms with van der Waals surface area (Å²) in [4.78, 5) is 16.1. The van der Waals surface area contributed by atoms with Gasteiger partial charge in [-0.25, -0.2) is 4.98 Å². The lowest BCUT2D eigenvalue weighted by Gasteiger charge is -2.06. The van der Waals surface area contributed by atoms with Gasteiger partial charge in [-0.3, -0.25) is 9.89 Å².